The van der Waals surface area contributed by atoms with E-state index in [2.05, 4.69) is 18.7 Å². The Hall–Kier alpha value is -1.75. The standard InChI is InChI=1S/C16H25N3O2/c1-12(2)5-6-18-7-9-19(10-8-18)16(21)14-11-13(20)3-4-15(14)17/h3-4,11-12,20H,5-10,17H2,1-2H3. The van der Waals surface area contributed by atoms with Gasteiger partial charge in [-0.15, -0.1) is 0 Å². The molecule has 0 spiro atoms. The molecule has 1 aromatic rings. The van der Waals surface area contributed by atoms with Crippen molar-refractivity contribution < 1.29 is 9.90 Å². The van der Waals surface area contributed by atoms with E-state index in [4.69, 9.17) is 5.73 Å². The van der Waals surface area contributed by atoms with Gasteiger partial charge in [0.05, 0.1) is 5.56 Å². The normalized spacial score (nSPS) is 16.4. The number of benzene rings is 1. The third-order valence-electron chi connectivity index (χ3n) is 3.95. The molecule has 2 rings (SSSR count). The van der Waals surface area contributed by atoms with Gasteiger partial charge in [-0.05, 0) is 37.1 Å². The number of carbonyl (C=O) groups excluding carboxylic acids is 1. The lowest BCUT2D eigenvalue weighted by molar-refractivity contribution is 0.0632. The fourth-order valence-corrected chi connectivity index (χ4v) is 2.52. The van der Waals surface area contributed by atoms with E-state index >= 15 is 0 Å². The van der Waals surface area contributed by atoms with Crippen LogP contribution in [0.5, 0.6) is 5.75 Å². The Morgan fingerprint density at radius 1 is 1.29 bits per heavy atom. The van der Waals surface area contributed by atoms with Gasteiger partial charge < -0.3 is 15.7 Å². The van der Waals surface area contributed by atoms with Crippen molar-refractivity contribution in [3.05, 3.63) is 23.8 Å². The number of nitrogen functional groups attached to an aromatic ring is 1. The van der Waals surface area contributed by atoms with Crippen LogP contribution in [0.25, 0.3) is 0 Å². The van der Waals surface area contributed by atoms with Crippen LogP contribution in [0.15, 0.2) is 18.2 Å². The maximum atomic E-state index is 12.5. The molecule has 1 saturated heterocycles. The number of phenolic OH excluding ortho intramolecular Hbond substituents is 1. The molecule has 5 heteroatoms. The third kappa shape index (κ3) is 4.11. The van der Waals surface area contributed by atoms with E-state index < -0.39 is 0 Å². The molecule has 0 bridgehead atoms. The number of phenols is 1. The summed E-state index contributed by atoms with van der Waals surface area (Å²) >= 11 is 0. The molecule has 3 N–H and O–H groups in total. The van der Waals surface area contributed by atoms with Crippen molar-refractivity contribution in [2.75, 3.05) is 38.5 Å². The zero-order chi connectivity index (χ0) is 15.4. The van der Waals surface area contributed by atoms with Crippen molar-refractivity contribution >= 4 is 11.6 Å². The predicted molar refractivity (Wildman–Crippen MR) is 84.3 cm³/mol. The zero-order valence-corrected chi connectivity index (χ0v) is 12.9. The van der Waals surface area contributed by atoms with Gasteiger partial charge in [0.1, 0.15) is 5.75 Å². The third-order valence-corrected chi connectivity index (χ3v) is 3.95. The number of carbonyl (C=O) groups is 1. The van der Waals surface area contributed by atoms with Gasteiger partial charge in [0.25, 0.3) is 5.91 Å². The van der Waals surface area contributed by atoms with Gasteiger partial charge >= 0.3 is 0 Å². The van der Waals surface area contributed by atoms with Crippen molar-refractivity contribution in [3.8, 4) is 5.75 Å². The molecule has 21 heavy (non-hydrogen) atoms. The number of aromatic hydroxyl groups is 1. The largest absolute Gasteiger partial charge is 0.508 e. The molecular formula is C16H25N3O2. The molecule has 0 aromatic heterocycles. The average Bonchev–Trinajstić information content (AvgIpc) is 2.47. The molecule has 0 saturated carbocycles. The van der Waals surface area contributed by atoms with Crippen LogP contribution in [0.1, 0.15) is 30.6 Å². The van der Waals surface area contributed by atoms with Crippen molar-refractivity contribution in [1.29, 1.82) is 0 Å². The van der Waals surface area contributed by atoms with Crippen molar-refractivity contribution in [2.45, 2.75) is 20.3 Å². The van der Waals surface area contributed by atoms with Crippen LogP contribution in [0, 0.1) is 5.92 Å². The van der Waals surface area contributed by atoms with Gasteiger partial charge in [-0.25, -0.2) is 0 Å². The number of piperazine rings is 1. The molecule has 0 aliphatic carbocycles. The SMILES string of the molecule is CC(C)CCN1CCN(C(=O)c2cc(O)ccc2N)CC1. The van der Waals surface area contributed by atoms with Crippen LogP contribution in [-0.4, -0.2) is 53.5 Å². The van der Waals surface area contributed by atoms with E-state index in [1.165, 1.54) is 18.6 Å². The van der Waals surface area contributed by atoms with Crippen LogP contribution in [0.2, 0.25) is 0 Å². The topological polar surface area (TPSA) is 69.8 Å². The van der Waals surface area contributed by atoms with E-state index in [0.29, 0.717) is 30.3 Å². The number of hydrogen-bond donors (Lipinski definition) is 2. The van der Waals surface area contributed by atoms with Crippen molar-refractivity contribution in [2.24, 2.45) is 5.92 Å². The molecule has 1 aliphatic heterocycles. The Labute approximate surface area is 126 Å². The molecule has 0 radical (unpaired) electrons. The maximum Gasteiger partial charge on any atom is 0.256 e. The quantitative estimate of drug-likeness (QED) is 0.655. The Kier molecular flexibility index (Phi) is 5.07. The minimum atomic E-state index is -0.0908. The summed E-state index contributed by atoms with van der Waals surface area (Å²) < 4.78 is 0. The van der Waals surface area contributed by atoms with Gasteiger partial charge in [-0.2, -0.15) is 0 Å². The summed E-state index contributed by atoms with van der Waals surface area (Å²) in [6, 6.07) is 4.51. The van der Waals surface area contributed by atoms with Crippen LogP contribution >= 0.6 is 0 Å². The van der Waals surface area contributed by atoms with Gasteiger partial charge in [0.2, 0.25) is 0 Å². The first-order chi connectivity index (χ1) is 9.97. The number of amides is 1. The van der Waals surface area contributed by atoms with E-state index in [1.807, 2.05) is 4.90 Å². The Balaban J connectivity index is 1.92. The lowest BCUT2D eigenvalue weighted by atomic mass is 10.1. The Morgan fingerprint density at radius 3 is 2.57 bits per heavy atom. The second kappa shape index (κ2) is 6.80. The number of rotatable bonds is 4. The molecule has 5 nitrogen and oxygen atoms in total. The second-order valence-electron chi connectivity index (χ2n) is 6.09. The summed E-state index contributed by atoms with van der Waals surface area (Å²) in [7, 11) is 0. The number of anilines is 1. The summed E-state index contributed by atoms with van der Waals surface area (Å²) in [5.74, 6) is 0.687. The van der Waals surface area contributed by atoms with E-state index in [0.717, 1.165) is 19.6 Å². The van der Waals surface area contributed by atoms with Gasteiger partial charge in [-0.3, -0.25) is 9.69 Å². The summed E-state index contributed by atoms with van der Waals surface area (Å²) in [6.07, 6.45) is 1.19. The summed E-state index contributed by atoms with van der Waals surface area (Å²) in [6.45, 7) is 8.77. The first kappa shape index (κ1) is 15.6. The highest BCUT2D eigenvalue weighted by atomic mass is 16.3. The molecule has 1 heterocycles. The van der Waals surface area contributed by atoms with Gasteiger partial charge in [0, 0.05) is 31.9 Å². The molecular weight excluding hydrogens is 266 g/mol. The highest BCUT2D eigenvalue weighted by Crippen LogP contribution is 2.21. The molecule has 0 unspecified atom stereocenters. The lowest BCUT2D eigenvalue weighted by Crippen LogP contribution is -2.49. The van der Waals surface area contributed by atoms with Crippen molar-refractivity contribution in [3.63, 3.8) is 0 Å². The zero-order valence-electron chi connectivity index (χ0n) is 12.9. The number of nitrogens with zero attached hydrogens (tertiary/aromatic N) is 2. The molecule has 1 amide bonds. The molecule has 116 valence electrons. The second-order valence-corrected chi connectivity index (χ2v) is 6.09. The lowest BCUT2D eigenvalue weighted by Gasteiger charge is -2.35. The number of hydrogen-bond acceptors (Lipinski definition) is 4. The molecule has 0 atom stereocenters. The Morgan fingerprint density at radius 2 is 1.95 bits per heavy atom. The molecule has 1 aliphatic rings. The fraction of sp³-hybridized carbons (Fsp3) is 0.562. The predicted octanol–water partition coefficient (Wildman–Crippen LogP) is 1.78. The highest BCUT2D eigenvalue weighted by Gasteiger charge is 2.23. The van der Waals surface area contributed by atoms with Gasteiger partial charge in [0.15, 0.2) is 0 Å². The van der Waals surface area contributed by atoms with E-state index in [9.17, 15) is 9.90 Å². The summed E-state index contributed by atoms with van der Waals surface area (Å²) in [4.78, 5) is 16.7. The summed E-state index contributed by atoms with van der Waals surface area (Å²) in [5, 5.41) is 9.51. The van der Waals surface area contributed by atoms with Crippen LogP contribution in [0.3, 0.4) is 0 Å². The highest BCUT2D eigenvalue weighted by molar-refractivity contribution is 5.99. The molecule has 1 aromatic carbocycles. The van der Waals surface area contributed by atoms with Crippen LogP contribution < -0.4 is 5.73 Å². The first-order valence-corrected chi connectivity index (χ1v) is 7.57. The fourth-order valence-electron chi connectivity index (χ4n) is 2.52. The van der Waals surface area contributed by atoms with Crippen LogP contribution in [-0.2, 0) is 0 Å². The monoisotopic (exact) mass is 291 g/mol. The van der Waals surface area contributed by atoms with Crippen LogP contribution in [0.4, 0.5) is 5.69 Å². The minimum Gasteiger partial charge on any atom is -0.508 e. The van der Waals surface area contributed by atoms with E-state index in [-0.39, 0.29) is 11.7 Å². The van der Waals surface area contributed by atoms with Gasteiger partial charge in [-0.1, -0.05) is 13.8 Å². The maximum absolute atomic E-state index is 12.5. The smallest absolute Gasteiger partial charge is 0.256 e. The van der Waals surface area contributed by atoms with Crippen molar-refractivity contribution in [1.82, 2.24) is 9.80 Å². The average molecular weight is 291 g/mol. The minimum absolute atomic E-state index is 0.0723. The Bertz CT molecular complexity index is 494. The number of nitrogens with two attached hydrogens (primary N) is 1. The van der Waals surface area contributed by atoms with E-state index in [1.54, 1.807) is 6.07 Å². The molecule has 1 fully saturated rings. The first-order valence-electron chi connectivity index (χ1n) is 7.57. The summed E-state index contributed by atoms with van der Waals surface area (Å²) in [5.41, 5.74) is 6.65.